The van der Waals surface area contributed by atoms with E-state index in [1.807, 2.05) is 64.9 Å². The fourth-order valence-corrected chi connectivity index (χ4v) is 3.55. The third kappa shape index (κ3) is 5.52. The molecule has 0 saturated heterocycles. The molecule has 3 rings (SSSR count). The van der Waals surface area contributed by atoms with Gasteiger partial charge >= 0.3 is 0 Å². The first-order valence-electron chi connectivity index (χ1n) is 8.78. The van der Waals surface area contributed by atoms with Crippen molar-refractivity contribution in [3.63, 3.8) is 0 Å². The molecule has 0 aliphatic heterocycles. The first-order chi connectivity index (χ1) is 13.1. The molecule has 0 bridgehead atoms. The van der Waals surface area contributed by atoms with E-state index in [4.69, 9.17) is 0 Å². The predicted octanol–water partition coefficient (Wildman–Crippen LogP) is 2.86. The lowest BCUT2D eigenvalue weighted by Gasteiger charge is -2.16. The van der Waals surface area contributed by atoms with Gasteiger partial charge in [0.25, 0.3) is 0 Å². The normalized spacial score (nSPS) is 11.7. The Kier molecular flexibility index (Phi) is 6.38. The number of amides is 2. The second-order valence-electron chi connectivity index (χ2n) is 6.20. The summed E-state index contributed by atoms with van der Waals surface area (Å²) in [5.74, 6) is -0.230. The highest BCUT2D eigenvalue weighted by Gasteiger charge is 2.17. The van der Waals surface area contributed by atoms with E-state index in [9.17, 15) is 9.59 Å². The van der Waals surface area contributed by atoms with Crippen LogP contribution in [0.4, 0.5) is 0 Å². The Morgan fingerprint density at radius 1 is 1.19 bits per heavy atom. The van der Waals surface area contributed by atoms with E-state index in [0.717, 1.165) is 16.1 Å². The van der Waals surface area contributed by atoms with Crippen molar-refractivity contribution in [1.29, 1.82) is 0 Å². The van der Waals surface area contributed by atoms with Gasteiger partial charge in [0.05, 0.1) is 24.3 Å². The smallest absolute Gasteiger partial charge is 0.222 e. The van der Waals surface area contributed by atoms with E-state index in [2.05, 4.69) is 15.7 Å². The van der Waals surface area contributed by atoms with E-state index < -0.39 is 0 Å². The number of nitrogens with zero attached hydrogens (tertiary/aromatic N) is 2. The molecule has 0 fully saturated rings. The molecular weight excluding hydrogens is 360 g/mol. The zero-order valence-electron chi connectivity index (χ0n) is 15.1. The largest absolute Gasteiger partial charge is 0.356 e. The van der Waals surface area contributed by atoms with Crippen molar-refractivity contribution >= 4 is 23.2 Å². The summed E-state index contributed by atoms with van der Waals surface area (Å²) >= 11 is 1.53. The number of benzene rings is 1. The molecule has 6 nitrogen and oxygen atoms in total. The van der Waals surface area contributed by atoms with Crippen LogP contribution < -0.4 is 10.6 Å². The molecule has 1 unspecified atom stereocenters. The highest BCUT2D eigenvalue weighted by Crippen LogP contribution is 2.21. The summed E-state index contributed by atoms with van der Waals surface area (Å²) in [6, 6.07) is 13.4. The van der Waals surface area contributed by atoms with Gasteiger partial charge in [0.1, 0.15) is 0 Å². The molecule has 1 atom stereocenters. The number of carbonyl (C=O) groups is 2. The van der Waals surface area contributed by atoms with Crippen molar-refractivity contribution in [2.24, 2.45) is 0 Å². The van der Waals surface area contributed by atoms with Crippen LogP contribution >= 0.6 is 11.3 Å². The summed E-state index contributed by atoms with van der Waals surface area (Å²) in [5, 5.41) is 12.1. The van der Waals surface area contributed by atoms with Crippen LogP contribution in [0, 0.1) is 0 Å². The van der Waals surface area contributed by atoms with E-state index >= 15 is 0 Å². The van der Waals surface area contributed by atoms with Crippen LogP contribution in [0.3, 0.4) is 0 Å². The van der Waals surface area contributed by atoms with Crippen molar-refractivity contribution in [1.82, 2.24) is 20.4 Å². The molecule has 0 aliphatic carbocycles. The molecule has 0 saturated carbocycles. The number of rotatable bonds is 8. The van der Waals surface area contributed by atoms with Gasteiger partial charge < -0.3 is 10.6 Å². The van der Waals surface area contributed by atoms with Gasteiger partial charge in [0, 0.05) is 24.5 Å². The Bertz CT molecular complexity index is 875. The van der Waals surface area contributed by atoms with Gasteiger partial charge in [-0.3, -0.25) is 9.59 Å². The second kappa shape index (κ2) is 9.14. The Morgan fingerprint density at radius 2 is 2.00 bits per heavy atom. The lowest BCUT2D eigenvalue weighted by molar-refractivity contribution is -0.122. The van der Waals surface area contributed by atoms with Gasteiger partial charge in [-0.1, -0.05) is 24.3 Å². The predicted molar refractivity (Wildman–Crippen MR) is 106 cm³/mol. The summed E-state index contributed by atoms with van der Waals surface area (Å²) in [4.78, 5) is 24.6. The topological polar surface area (TPSA) is 76.0 Å². The fraction of sp³-hybridized carbons (Fsp3) is 0.250. The number of nitrogens with one attached hydrogen (secondary N) is 2. The Hall–Kier alpha value is -2.93. The van der Waals surface area contributed by atoms with Gasteiger partial charge in [-0.05, 0) is 35.6 Å². The standard InChI is InChI=1S/C20H22N4O2S/c1-15(25)23-18(19-8-5-11-27-19)12-20(26)21-10-9-16-13-22-24(14-16)17-6-3-2-4-7-17/h2-8,11,13-14,18H,9-10,12H2,1H3,(H,21,26)(H,23,25). The first-order valence-corrected chi connectivity index (χ1v) is 9.66. The molecule has 2 aromatic heterocycles. The van der Waals surface area contributed by atoms with Gasteiger partial charge in [0.15, 0.2) is 0 Å². The van der Waals surface area contributed by atoms with Crippen LogP contribution in [0.15, 0.2) is 60.2 Å². The second-order valence-corrected chi connectivity index (χ2v) is 7.18. The van der Waals surface area contributed by atoms with E-state index in [0.29, 0.717) is 13.0 Å². The zero-order chi connectivity index (χ0) is 19.1. The van der Waals surface area contributed by atoms with Crippen LogP contribution in [-0.2, 0) is 16.0 Å². The van der Waals surface area contributed by atoms with E-state index in [1.54, 1.807) is 0 Å². The van der Waals surface area contributed by atoms with Crippen molar-refractivity contribution in [2.75, 3.05) is 6.54 Å². The monoisotopic (exact) mass is 382 g/mol. The number of carbonyl (C=O) groups excluding carboxylic acids is 2. The maximum atomic E-state index is 12.3. The Morgan fingerprint density at radius 3 is 2.70 bits per heavy atom. The molecule has 0 aliphatic rings. The third-order valence-corrected chi connectivity index (χ3v) is 5.03. The number of aromatic nitrogens is 2. The van der Waals surface area contributed by atoms with Gasteiger partial charge in [-0.25, -0.2) is 4.68 Å². The van der Waals surface area contributed by atoms with Gasteiger partial charge in [-0.15, -0.1) is 11.3 Å². The van der Waals surface area contributed by atoms with Crippen LogP contribution in [0.5, 0.6) is 0 Å². The molecule has 7 heteroatoms. The molecule has 1 aromatic carbocycles. The summed E-state index contributed by atoms with van der Waals surface area (Å²) in [6.45, 7) is 1.99. The summed E-state index contributed by atoms with van der Waals surface area (Å²) in [6.07, 6.45) is 4.70. The van der Waals surface area contributed by atoms with Crippen molar-refractivity contribution in [3.8, 4) is 5.69 Å². The molecule has 140 valence electrons. The maximum Gasteiger partial charge on any atom is 0.222 e. The minimum absolute atomic E-state index is 0.0856. The quantitative estimate of drug-likeness (QED) is 0.629. The van der Waals surface area contributed by atoms with Crippen LogP contribution in [0.1, 0.15) is 29.8 Å². The lowest BCUT2D eigenvalue weighted by atomic mass is 10.1. The van der Waals surface area contributed by atoms with Crippen molar-refractivity contribution in [3.05, 3.63) is 70.7 Å². The average molecular weight is 382 g/mol. The number of hydrogen-bond acceptors (Lipinski definition) is 4. The Balaban J connectivity index is 1.49. The molecule has 3 aromatic rings. The third-order valence-electron chi connectivity index (χ3n) is 4.05. The molecular formula is C20H22N4O2S. The number of thiophene rings is 1. The van der Waals surface area contributed by atoms with E-state index in [-0.39, 0.29) is 24.3 Å². The minimum atomic E-state index is -0.289. The minimum Gasteiger partial charge on any atom is -0.356 e. The van der Waals surface area contributed by atoms with Crippen LogP contribution in [0.2, 0.25) is 0 Å². The molecule has 2 amide bonds. The maximum absolute atomic E-state index is 12.3. The molecule has 0 spiro atoms. The van der Waals surface area contributed by atoms with Crippen LogP contribution in [0.25, 0.3) is 5.69 Å². The Labute approximate surface area is 162 Å². The highest BCUT2D eigenvalue weighted by atomic mass is 32.1. The fourth-order valence-electron chi connectivity index (χ4n) is 2.77. The van der Waals surface area contributed by atoms with Gasteiger partial charge in [0.2, 0.25) is 11.8 Å². The van der Waals surface area contributed by atoms with Crippen molar-refractivity contribution in [2.45, 2.75) is 25.8 Å². The van der Waals surface area contributed by atoms with E-state index in [1.165, 1.54) is 18.3 Å². The van der Waals surface area contributed by atoms with Crippen molar-refractivity contribution < 1.29 is 9.59 Å². The molecule has 2 heterocycles. The summed E-state index contributed by atoms with van der Waals surface area (Å²) in [5.41, 5.74) is 2.05. The zero-order valence-corrected chi connectivity index (χ0v) is 15.9. The highest BCUT2D eigenvalue weighted by molar-refractivity contribution is 7.10. The first kappa shape index (κ1) is 18.8. The summed E-state index contributed by atoms with van der Waals surface area (Å²) < 4.78 is 1.82. The summed E-state index contributed by atoms with van der Waals surface area (Å²) in [7, 11) is 0. The molecule has 2 N–H and O–H groups in total. The molecule has 0 radical (unpaired) electrons. The SMILES string of the molecule is CC(=O)NC(CC(=O)NCCc1cnn(-c2ccccc2)c1)c1cccs1. The lowest BCUT2D eigenvalue weighted by Crippen LogP contribution is -2.33. The van der Waals surface area contributed by atoms with Gasteiger partial charge in [-0.2, -0.15) is 5.10 Å². The average Bonchev–Trinajstić information content (AvgIpc) is 3.34. The van der Waals surface area contributed by atoms with Crippen LogP contribution in [-0.4, -0.2) is 28.1 Å². The molecule has 27 heavy (non-hydrogen) atoms. The number of para-hydroxylation sites is 1. The number of hydrogen-bond donors (Lipinski definition) is 2.